The number of hydrogen-bond acceptors (Lipinski definition) is 2. The van der Waals surface area contributed by atoms with E-state index >= 15 is 0 Å². The van der Waals surface area contributed by atoms with Gasteiger partial charge in [0.1, 0.15) is 0 Å². The summed E-state index contributed by atoms with van der Waals surface area (Å²) in [5, 5.41) is 7.86. The first-order valence-electron chi connectivity index (χ1n) is 9.03. The lowest BCUT2D eigenvalue weighted by molar-refractivity contribution is 0.798. The number of nitrogens with zero attached hydrogens (tertiary/aromatic N) is 2. The van der Waals surface area contributed by atoms with Gasteiger partial charge in [-0.05, 0) is 61.0 Å². The van der Waals surface area contributed by atoms with Crippen molar-refractivity contribution in [1.82, 2.24) is 9.99 Å². The molecule has 0 bridgehead atoms. The number of rotatable bonds is 6. The third kappa shape index (κ3) is 5.53. The van der Waals surface area contributed by atoms with Crippen LogP contribution in [-0.2, 0) is 13.0 Å². The Labute approximate surface area is 165 Å². The maximum Gasteiger partial charge on any atom is 0.191 e. The van der Waals surface area contributed by atoms with E-state index in [0.717, 1.165) is 24.3 Å². The van der Waals surface area contributed by atoms with Crippen molar-refractivity contribution in [3.05, 3.63) is 89.2 Å². The fraction of sp³-hybridized carbons (Fsp3) is 0.182. The minimum absolute atomic E-state index is 0.465. The molecule has 138 valence electrons. The van der Waals surface area contributed by atoms with Gasteiger partial charge in [0.2, 0.25) is 0 Å². The molecule has 0 aliphatic heterocycles. The second-order valence-corrected chi connectivity index (χ2v) is 6.83. The predicted octanol–water partition coefficient (Wildman–Crippen LogP) is 4.73. The highest BCUT2D eigenvalue weighted by atomic mass is 32.1. The zero-order valence-electron chi connectivity index (χ0n) is 15.6. The number of aromatic nitrogens is 1. The summed E-state index contributed by atoms with van der Waals surface area (Å²) in [6.07, 6.45) is 4.85. The van der Waals surface area contributed by atoms with E-state index in [4.69, 9.17) is 12.2 Å². The van der Waals surface area contributed by atoms with Crippen molar-refractivity contribution < 1.29 is 0 Å². The fourth-order valence-corrected chi connectivity index (χ4v) is 2.89. The van der Waals surface area contributed by atoms with Crippen LogP contribution in [0.2, 0.25) is 0 Å². The molecule has 1 heterocycles. The highest BCUT2D eigenvalue weighted by Crippen LogP contribution is 2.10. The molecule has 0 fully saturated rings. The maximum absolute atomic E-state index is 5.30. The van der Waals surface area contributed by atoms with Gasteiger partial charge in [0.15, 0.2) is 5.11 Å². The molecular formula is C22H24N4S. The number of hydrogen-bond donors (Lipinski definition) is 2. The molecule has 0 saturated heterocycles. The molecule has 0 atom stereocenters. The van der Waals surface area contributed by atoms with Gasteiger partial charge in [-0.3, -0.25) is 5.43 Å². The van der Waals surface area contributed by atoms with Crippen molar-refractivity contribution in [2.75, 3.05) is 5.32 Å². The molecule has 4 nitrogen and oxygen atoms in total. The molecule has 2 N–H and O–H groups in total. The molecular weight excluding hydrogens is 352 g/mol. The number of anilines is 1. The Morgan fingerprint density at radius 1 is 1.04 bits per heavy atom. The van der Waals surface area contributed by atoms with Crippen molar-refractivity contribution >= 4 is 29.2 Å². The molecule has 0 aliphatic carbocycles. The SMILES string of the molecule is CCc1ccc(NC(=S)N/N=C/c2cccn2Cc2ccc(C)cc2)cc1. The van der Waals surface area contributed by atoms with Gasteiger partial charge >= 0.3 is 0 Å². The molecule has 2 aromatic carbocycles. The second kappa shape index (κ2) is 9.14. The van der Waals surface area contributed by atoms with E-state index in [1.165, 1.54) is 16.7 Å². The highest BCUT2D eigenvalue weighted by Gasteiger charge is 2.01. The molecule has 0 amide bonds. The van der Waals surface area contributed by atoms with E-state index in [1.54, 1.807) is 6.21 Å². The lowest BCUT2D eigenvalue weighted by atomic mass is 10.1. The van der Waals surface area contributed by atoms with Gasteiger partial charge in [0.25, 0.3) is 0 Å². The minimum Gasteiger partial charge on any atom is -0.342 e. The third-order valence-electron chi connectivity index (χ3n) is 4.32. The monoisotopic (exact) mass is 376 g/mol. The number of nitrogens with one attached hydrogen (secondary N) is 2. The average Bonchev–Trinajstić information content (AvgIpc) is 3.11. The molecule has 1 aromatic heterocycles. The van der Waals surface area contributed by atoms with Crippen LogP contribution in [0.25, 0.3) is 0 Å². The summed E-state index contributed by atoms with van der Waals surface area (Å²) >= 11 is 5.30. The molecule has 0 aliphatic rings. The smallest absolute Gasteiger partial charge is 0.191 e. The largest absolute Gasteiger partial charge is 0.342 e. The number of aryl methyl sites for hydroxylation is 2. The first-order valence-corrected chi connectivity index (χ1v) is 9.44. The van der Waals surface area contributed by atoms with Crippen LogP contribution in [0.4, 0.5) is 5.69 Å². The Bertz CT molecular complexity index is 908. The van der Waals surface area contributed by atoms with E-state index in [0.29, 0.717) is 5.11 Å². The Kier molecular flexibility index (Phi) is 6.39. The number of benzene rings is 2. The molecule has 0 saturated carbocycles. The Hall–Kier alpha value is -2.92. The van der Waals surface area contributed by atoms with Gasteiger partial charge in [0.05, 0.1) is 11.9 Å². The molecule has 0 spiro atoms. The van der Waals surface area contributed by atoms with Crippen LogP contribution in [0.15, 0.2) is 72.0 Å². The molecule has 3 rings (SSSR count). The Balaban J connectivity index is 1.55. The average molecular weight is 377 g/mol. The van der Waals surface area contributed by atoms with Gasteiger partial charge < -0.3 is 9.88 Å². The Morgan fingerprint density at radius 3 is 2.44 bits per heavy atom. The number of thiocarbonyl (C=S) groups is 1. The van der Waals surface area contributed by atoms with E-state index in [1.807, 2.05) is 30.5 Å². The highest BCUT2D eigenvalue weighted by molar-refractivity contribution is 7.80. The van der Waals surface area contributed by atoms with Gasteiger partial charge in [-0.1, -0.05) is 48.9 Å². The first-order chi connectivity index (χ1) is 13.1. The normalized spacial score (nSPS) is 10.9. The summed E-state index contributed by atoms with van der Waals surface area (Å²) in [6.45, 7) is 5.04. The van der Waals surface area contributed by atoms with E-state index in [-0.39, 0.29) is 0 Å². The van der Waals surface area contributed by atoms with Gasteiger partial charge in [-0.15, -0.1) is 0 Å². The van der Waals surface area contributed by atoms with Gasteiger partial charge in [-0.2, -0.15) is 5.10 Å². The maximum atomic E-state index is 5.30. The summed E-state index contributed by atoms with van der Waals surface area (Å²) < 4.78 is 2.15. The van der Waals surface area contributed by atoms with Crippen LogP contribution in [0.1, 0.15) is 29.3 Å². The van der Waals surface area contributed by atoms with Crippen molar-refractivity contribution in [2.45, 2.75) is 26.8 Å². The number of hydrazone groups is 1. The van der Waals surface area contributed by atoms with Crippen LogP contribution >= 0.6 is 12.2 Å². The zero-order valence-corrected chi connectivity index (χ0v) is 16.5. The van der Waals surface area contributed by atoms with E-state index in [9.17, 15) is 0 Å². The quantitative estimate of drug-likeness (QED) is 0.371. The van der Waals surface area contributed by atoms with Crippen LogP contribution in [0.5, 0.6) is 0 Å². The van der Waals surface area contributed by atoms with Crippen LogP contribution in [-0.4, -0.2) is 15.9 Å². The first kappa shape index (κ1) is 18.9. The molecule has 0 radical (unpaired) electrons. The predicted molar refractivity (Wildman–Crippen MR) is 117 cm³/mol. The van der Waals surface area contributed by atoms with Gasteiger partial charge in [-0.25, -0.2) is 0 Å². The van der Waals surface area contributed by atoms with E-state index < -0.39 is 0 Å². The summed E-state index contributed by atoms with van der Waals surface area (Å²) in [5.41, 5.74) is 8.65. The zero-order chi connectivity index (χ0) is 19.1. The second-order valence-electron chi connectivity index (χ2n) is 6.42. The topological polar surface area (TPSA) is 41.4 Å². The summed E-state index contributed by atoms with van der Waals surface area (Å²) in [6, 6.07) is 20.8. The third-order valence-corrected chi connectivity index (χ3v) is 4.51. The van der Waals surface area contributed by atoms with Crippen molar-refractivity contribution in [1.29, 1.82) is 0 Å². The van der Waals surface area contributed by atoms with E-state index in [2.05, 4.69) is 70.7 Å². The summed E-state index contributed by atoms with van der Waals surface area (Å²) in [7, 11) is 0. The van der Waals surface area contributed by atoms with Crippen LogP contribution < -0.4 is 10.7 Å². The molecule has 0 unspecified atom stereocenters. The minimum atomic E-state index is 0.465. The molecule has 5 heteroatoms. The van der Waals surface area contributed by atoms with Crippen LogP contribution in [0, 0.1) is 6.92 Å². The Morgan fingerprint density at radius 2 is 1.74 bits per heavy atom. The summed E-state index contributed by atoms with van der Waals surface area (Å²) in [4.78, 5) is 0. The summed E-state index contributed by atoms with van der Waals surface area (Å²) in [5.74, 6) is 0. The lowest BCUT2D eigenvalue weighted by Crippen LogP contribution is -2.24. The van der Waals surface area contributed by atoms with Crippen molar-refractivity contribution in [2.24, 2.45) is 5.10 Å². The molecule has 3 aromatic rings. The molecule has 27 heavy (non-hydrogen) atoms. The fourth-order valence-electron chi connectivity index (χ4n) is 2.72. The standard InChI is InChI=1S/C22H24N4S/c1-3-18-10-12-20(13-11-18)24-22(27)25-23-15-21-5-4-14-26(21)16-19-8-6-17(2)7-9-19/h4-15H,3,16H2,1-2H3,(H2,24,25,27)/b23-15+. The van der Waals surface area contributed by atoms with Crippen LogP contribution in [0.3, 0.4) is 0 Å². The lowest BCUT2D eigenvalue weighted by Gasteiger charge is -2.08. The van der Waals surface area contributed by atoms with Crippen molar-refractivity contribution in [3.63, 3.8) is 0 Å². The van der Waals surface area contributed by atoms with Crippen molar-refractivity contribution in [3.8, 4) is 0 Å². The van der Waals surface area contributed by atoms with Gasteiger partial charge in [0, 0.05) is 18.4 Å².